The summed E-state index contributed by atoms with van der Waals surface area (Å²) in [6, 6.07) is 2.01. The highest BCUT2D eigenvalue weighted by Gasteiger charge is 2.50. The molecule has 0 bridgehead atoms. The zero-order chi connectivity index (χ0) is 26.1. The maximum Gasteiger partial charge on any atom is 0.230 e. The highest BCUT2D eigenvalue weighted by Crippen LogP contribution is 2.31. The third-order valence-corrected chi connectivity index (χ3v) is 6.29. The van der Waals surface area contributed by atoms with Crippen LogP contribution < -0.4 is 10.1 Å². The Morgan fingerprint density at radius 3 is 2.44 bits per heavy atom. The number of anilines is 1. The van der Waals surface area contributed by atoms with Gasteiger partial charge in [0.05, 0.1) is 30.8 Å². The predicted octanol–water partition coefficient (Wildman–Crippen LogP) is -2.44. The summed E-state index contributed by atoms with van der Waals surface area (Å²) in [5, 5.41) is 64.2. The first-order valence-corrected chi connectivity index (χ1v) is 11.2. The van der Waals surface area contributed by atoms with E-state index in [2.05, 4.69) is 20.3 Å². The molecule has 0 aliphatic carbocycles. The van der Waals surface area contributed by atoms with Gasteiger partial charge in [0.25, 0.3) is 0 Å². The van der Waals surface area contributed by atoms with E-state index in [0.717, 1.165) is 0 Å². The Morgan fingerprint density at radius 2 is 1.81 bits per heavy atom. The topological polar surface area (TPSA) is 225 Å². The van der Waals surface area contributed by atoms with E-state index in [9.17, 15) is 30.8 Å². The summed E-state index contributed by atoms with van der Waals surface area (Å²) in [4.78, 5) is 11.3. The predicted molar refractivity (Wildman–Crippen MR) is 119 cm³/mol. The number of H-pyrrole nitrogens is 1. The minimum atomic E-state index is -1.56. The van der Waals surface area contributed by atoms with Gasteiger partial charge in [-0.05, 0) is 6.92 Å². The summed E-state index contributed by atoms with van der Waals surface area (Å²) in [5.74, 6) is 0.120. The lowest BCUT2D eigenvalue weighted by Gasteiger charge is -2.46. The van der Waals surface area contributed by atoms with Crippen LogP contribution in [0.2, 0.25) is 0 Å². The van der Waals surface area contributed by atoms with Crippen molar-refractivity contribution in [3.63, 3.8) is 0 Å². The number of hydrogen-bond donors (Lipinski definition) is 7. The highest BCUT2D eigenvalue weighted by molar-refractivity contribution is 5.88. The number of nitrogens with zero attached hydrogens (tertiary/aromatic N) is 3. The van der Waals surface area contributed by atoms with Crippen LogP contribution in [-0.2, 0) is 18.9 Å². The van der Waals surface area contributed by atoms with Crippen molar-refractivity contribution in [2.24, 2.45) is 0 Å². The monoisotopic (exact) mass is 511 g/mol. The third kappa shape index (κ3) is 4.70. The molecule has 0 saturated carbocycles. The first-order chi connectivity index (χ1) is 17.2. The second kappa shape index (κ2) is 10.8. The molecule has 10 atom stereocenters. The molecule has 0 radical (unpaired) electrons. The number of aliphatic hydroxyl groups is 5. The van der Waals surface area contributed by atoms with Crippen molar-refractivity contribution < 1.29 is 49.2 Å². The number of methoxy groups -OCH3 is 2. The van der Waals surface area contributed by atoms with Crippen molar-refractivity contribution >= 4 is 17.0 Å². The molecule has 2 aromatic heterocycles. The van der Waals surface area contributed by atoms with E-state index >= 15 is 0 Å². The van der Waals surface area contributed by atoms with E-state index in [1.54, 1.807) is 6.92 Å². The van der Waals surface area contributed by atoms with Crippen LogP contribution in [0.15, 0.2) is 6.20 Å². The number of aromatic amines is 1. The summed E-state index contributed by atoms with van der Waals surface area (Å²) >= 11 is 0. The molecule has 0 amide bonds. The van der Waals surface area contributed by atoms with Crippen molar-refractivity contribution in [2.45, 2.75) is 68.3 Å². The van der Waals surface area contributed by atoms with Gasteiger partial charge in [0.1, 0.15) is 54.4 Å². The summed E-state index contributed by atoms with van der Waals surface area (Å²) in [7, 11) is 2.68. The van der Waals surface area contributed by atoms with Gasteiger partial charge in [-0.3, -0.25) is 0 Å². The Bertz CT molecular complexity index is 1090. The summed E-state index contributed by atoms with van der Waals surface area (Å²) in [6.07, 6.45) is -11.2. The van der Waals surface area contributed by atoms with E-state index in [0.29, 0.717) is 16.6 Å². The van der Waals surface area contributed by atoms with Crippen LogP contribution in [0.25, 0.3) is 11.0 Å². The molecule has 0 spiro atoms. The van der Waals surface area contributed by atoms with Crippen LogP contribution in [0.3, 0.4) is 0 Å². The number of ether oxygens (including phenoxy) is 5. The first-order valence-electron chi connectivity index (χ1n) is 11.2. The Balaban J connectivity index is 1.48. The standard InChI is InChI=1S/C21H29N5O10/c1-7-15(36-20-14(31)12(29)16(32-2)9(6-27)35-20)11(28)13(30)19(34-7)26-21-24-17-10(18(25-21)33-3)8(4-22)5-23-17/h5,7,9,11-16,19-20,27-31H,6H2,1-3H3,(H2,23,24,25,26). The van der Waals surface area contributed by atoms with E-state index in [1.807, 2.05) is 6.07 Å². The number of rotatable bonds is 7. The number of nitriles is 1. The second-order valence-electron chi connectivity index (χ2n) is 8.49. The maximum absolute atomic E-state index is 10.8. The molecular formula is C21H29N5O10. The van der Waals surface area contributed by atoms with Crippen molar-refractivity contribution in [1.82, 2.24) is 15.0 Å². The van der Waals surface area contributed by atoms with Crippen LogP contribution in [-0.4, -0.2) is 123 Å². The Kier molecular flexibility index (Phi) is 7.90. The van der Waals surface area contributed by atoms with Gasteiger partial charge in [0.15, 0.2) is 12.5 Å². The molecule has 0 aromatic carbocycles. The van der Waals surface area contributed by atoms with E-state index in [-0.39, 0.29) is 11.8 Å². The molecule has 15 heteroatoms. The minimum absolute atomic E-state index is 0.000869. The quantitative estimate of drug-likeness (QED) is 0.205. The van der Waals surface area contributed by atoms with Crippen LogP contribution >= 0.6 is 0 Å². The van der Waals surface area contributed by atoms with Crippen molar-refractivity contribution in [3.8, 4) is 11.9 Å². The minimum Gasteiger partial charge on any atom is -0.480 e. The number of aliphatic hydroxyl groups excluding tert-OH is 5. The molecule has 2 aliphatic heterocycles. The zero-order valence-corrected chi connectivity index (χ0v) is 19.7. The summed E-state index contributed by atoms with van der Waals surface area (Å²) in [5.41, 5.74) is 0.611. The lowest BCUT2D eigenvalue weighted by atomic mass is 9.97. The molecule has 10 unspecified atom stereocenters. The van der Waals surface area contributed by atoms with Gasteiger partial charge in [0.2, 0.25) is 11.8 Å². The van der Waals surface area contributed by atoms with Gasteiger partial charge in [-0.15, -0.1) is 0 Å². The van der Waals surface area contributed by atoms with Crippen LogP contribution in [0.5, 0.6) is 5.88 Å². The summed E-state index contributed by atoms with van der Waals surface area (Å²) < 4.78 is 27.4. The fourth-order valence-corrected chi connectivity index (χ4v) is 4.39. The molecule has 198 valence electrons. The zero-order valence-electron chi connectivity index (χ0n) is 19.7. The Morgan fingerprint density at radius 1 is 1.08 bits per heavy atom. The third-order valence-electron chi connectivity index (χ3n) is 6.29. The van der Waals surface area contributed by atoms with Crippen molar-refractivity contribution in [1.29, 1.82) is 5.26 Å². The lowest BCUT2D eigenvalue weighted by molar-refractivity contribution is -0.339. The Labute approximate surface area is 205 Å². The van der Waals surface area contributed by atoms with Crippen molar-refractivity contribution in [2.75, 3.05) is 26.1 Å². The smallest absolute Gasteiger partial charge is 0.230 e. The normalized spacial score (nSPS) is 37.0. The average Bonchev–Trinajstić information content (AvgIpc) is 3.29. The lowest BCUT2D eigenvalue weighted by Crippen LogP contribution is -2.64. The van der Waals surface area contributed by atoms with Crippen LogP contribution in [0, 0.1) is 11.3 Å². The van der Waals surface area contributed by atoms with Gasteiger partial charge in [-0.2, -0.15) is 15.2 Å². The van der Waals surface area contributed by atoms with Gasteiger partial charge < -0.3 is 59.5 Å². The average molecular weight is 511 g/mol. The van der Waals surface area contributed by atoms with Gasteiger partial charge >= 0.3 is 0 Å². The van der Waals surface area contributed by atoms with Crippen LogP contribution in [0.1, 0.15) is 12.5 Å². The molecule has 36 heavy (non-hydrogen) atoms. The van der Waals surface area contributed by atoms with E-state index < -0.39 is 68.0 Å². The van der Waals surface area contributed by atoms with Crippen LogP contribution in [0.4, 0.5) is 5.95 Å². The fourth-order valence-electron chi connectivity index (χ4n) is 4.39. The number of hydrogen-bond acceptors (Lipinski definition) is 14. The molecule has 15 nitrogen and oxygen atoms in total. The number of nitrogens with one attached hydrogen (secondary N) is 2. The van der Waals surface area contributed by atoms with Gasteiger partial charge in [-0.25, -0.2) is 0 Å². The molecule has 4 heterocycles. The van der Waals surface area contributed by atoms with Gasteiger partial charge in [0, 0.05) is 13.3 Å². The van der Waals surface area contributed by atoms with Gasteiger partial charge in [-0.1, -0.05) is 0 Å². The first kappa shape index (κ1) is 26.4. The molecule has 2 fully saturated rings. The highest BCUT2D eigenvalue weighted by atomic mass is 16.7. The van der Waals surface area contributed by atoms with E-state index in [1.165, 1.54) is 20.4 Å². The van der Waals surface area contributed by atoms with E-state index in [4.69, 9.17) is 23.7 Å². The molecule has 2 saturated heterocycles. The molecule has 7 N–H and O–H groups in total. The SMILES string of the molecule is COc1nc(NC2OC(C)C(OC3OC(CO)C(OC)C(O)C3O)C(O)C2O)nc2[nH]cc(C#N)c12. The summed E-state index contributed by atoms with van der Waals surface area (Å²) in [6.45, 7) is 1.05. The largest absolute Gasteiger partial charge is 0.480 e. The van der Waals surface area contributed by atoms with Crippen molar-refractivity contribution in [3.05, 3.63) is 11.8 Å². The molecule has 4 rings (SSSR count). The molecule has 2 aromatic rings. The number of fused-ring (bicyclic) bond motifs is 1. The maximum atomic E-state index is 10.8. The molecule has 2 aliphatic rings. The Hall–Kier alpha value is -2.65. The molecular weight excluding hydrogens is 482 g/mol. The number of aromatic nitrogens is 3. The fraction of sp³-hybridized carbons (Fsp3) is 0.667. The second-order valence-corrected chi connectivity index (χ2v) is 8.49.